The highest BCUT2D eigenvalue weighted by molar-refractivity contribution is 6.00. The molecule has 0 saturated heterocycles. The average molecular weight is 680 g/mol. The normalized spacial score (nSPS) is 18.9. The number of nitrogens with two attached hydrogens (primary N) is 1. The maximum absolute atomic E-state index is 14.8. The molecule has 1 saturated carbocycles. The number of hydrogen-bond acceptors (Lipinski definition) is 8. The second kappa shape index (κ2) is 11.3. The molecule has 0 unspecified atom stereocenters. The number of carbonyl (C=O) groups is 2. The number of amides is 2. The van der Waals surface area contributed by atoms with Crippen LogP contribution in [-0.4, -0.2) is 64.5 Å². The molecule has 4 N–H and O–H groups in total. The number of methoxy groups -OCH3 is 1. The van der Waals surface area contributed by atoms with Gasteiger partial charge in [0.15, 0.2) is 0 Å². The van der Waals surface area contributed by atoms with Crippen LogP contribution < -0.4 is 25.3 Å². The number of aliphatic hydroxyl groups is 1. The number of nitrogens with zero attached hydrogens (tertiary/aromatic N) is 3. The molecule has 11 nitrogen and oxygen atoms in total. The molecule has 1 aliphatic carbocycles. The van der Waals surface area contributed by atoms with E-state index in [1.54, 1.807) is 10.9 Å². The van der Waals surface area contributed by atoms with Gasteiger partial charge in [0.05, 0.1) is 25.4 Å². The summed E-state index contributed by atoms with van der Waals surface area (Å²) in [5.74, 6) is -2.51. The lowest BCUT2D eigenvalue weighted by molar-refractivity contribution is -0.274. The number of pyridine rings is 1. The lowest BCUT2D eigenvalue weighted by atomic mass is 9.81. The van der Waals surface area contributed by atoms with Crippen LogP contribution in [0.1, 0.15) is 47.4 Å². The van der Waals surface area contributed by atoms with Gasteiger partial charge in [-0.25, -0.2) is 4.98 Å². The molecule has 254 valence electrons. The van der Waals surface area contributed by atoms with Crippen molar-refractivity contribution in [2.45, 2.75) is 49.4 Å². The van der Waals surface area contributed by atoms with Crippen molar-refractivity contribution in [1.82, 2.24) is 20.1 Å². The molecule has 2 aromatic heterocycles. The second-order valence-corrected chi connectivity index (χ2v) is 11.8. The second-order valence-electron chi connectivity index (χ2n) is 11.8. The van der Waals surface area contributed by atoms with Crippen molar-refractivity contribution in [1.29, 1.82) is 0 Å². The van der Waals surface area contributed by atoms with E-state index in [0.29, 0.717) is 10.9 Å². The predicted molar refractivity (Wildman–Crippen MR) is 155 cm³/mol. The third kappa shape index (κ3) is 5.82. The van der Waals surface area contributed by atoms with Gasteiger partial charge < -0.3 is 30.4 Å². The Morgan fingerprint density at radius 1 is 1.12 bits per heavy atom. The summed E-state index contributed by atoms with van der Waals surface area (Å²) in [5, 5.41) is 18.4. The number of alkyl halides is 6. The van der Waals surface area contributed by atoms with Crippen molar-refractivity contribution in [3.8, 4) is 28.5 Å². The van der Waals surface area contributed by atoms with Gasteiger partial charge in [0, 0.05) is 28.3 Å². The molecule has 2 aliphatic rings. The van der Waals surface area contributed by atoms with Gasteiger partial charge >= 0.3 is 12.5 Å². The zero-order chi connectivity index (χ0) is 34.8. The van der Waals surface area contributed by atoms with Gasteiger partial charge in [-0.2, -0.15) is 18.3 Å². The van der Waals surface area contributed by atoms with Crippen molar-refractivity contribution in [3.63, 3.8) is 0 Å². The van der Waals surface area contributed by atoms with Crippen LogP contribution in [0.4, 0.5) is 26.3 Å². The molecule has 1 aliphatic heterocycles. The van der Waals surface area contributed by atoms with Gasteiger partial charge in [-0.05, 0) is 62.2 Å². The van der Waals surface area contributed by atoms with Gasteiger partial charge in [-0.15, -0.1) is 13.2 Å². The monoisotopic (exact) mass is 679 g/mol. The molecule has 2 atom stereocenters. The maximum atomic E-state index is 14.8. The maximum Gasteiger partial charge on any atom is 0.573 e. The van der Waals surface area contributed by atoms with Crippen molar-refractivity contribution in [3.05, 3.63) is 65.5 Å². The third-order valence-electron chi connectivity index (χ3n) is 8.37. The van der Waals surface area contributed by atoms with Gasteiger partial charge in [0.25, 0.3) is 5.91 Å². The molecule has 2 amide bonds. The molecular weight excluding hydrogens is 652 g/mol. The summed E-state index contributed by atoms with van der Waals surface area (Å²) in [6, 6.07) is 7.74. The van der Waals surface area contributed by atoms with E-state index in [0.717, 1.165) is 43.2 Å². The number of halogens is 6. The van der Waals surface area contributed by atoms with Gasteiger partial charge in [-0.1, -0.05) is 0 Å². The highest BCUT2D eigenvalue weighted by Gasteiger charge is 2.57. The third-order valence-corrected chi connectivity index (χ3v) is 8.37. The minimum atomic E-state index is -5.45. The molecule has 4 aromatic rings. The van der Waals surface area contributed by atoms with Crippen molar-refractivity contribution >= 4 is 22.7 Å². The summed E-state index contributed by atoms with van der Waals surface area (Å²) in [4.78, 5) is 29.8. The number of aromatic nitrogens is 3. The molecule has 17 heteroatoms. The zero-order valence-electron chi connectivity index (χ0n) is 25.2. The predicted octanol–water partition coefficient (Wildman–Crippen LogP) is 4.66. The number of primary amides is 1. The van der Waals surface area contributed by atoms with E-state index in [4.69, 9.17) is 15.2 Å². The number of nitrogens with one attached hydrogen (secondary N) is 1. The SMILES string of the molecule is COc1cc(C(=O)NC[C@@](O)(c2cc3c(c(-c4ccc(OC(F)(F)F)cc4)n2)OC[C@]3(C)C(N)=O)C(F)(F)F)cc2cn(C3CC3)nc12. The molecule has 48 heavy (non-hydrogen) atoms. The van der Waals surface area contributed by atoms with Gasteiger partial charge in [-0.3, -0.25) is 14.3 Å². The summed E-state index contributed by atoms with van der Waals surface area (Å²) in [6.07, 6.45) is -6.88. The highest BCUT2D eigenvalue weighted by atomic mass is 19.4. The van der Waals surface area contributed by atoms with E-state index >= 15 is 0 Å². The zero-order valence-corrected chi connectivity index (χ0v) is 25.2. The Kier molecular flexibility index (Phi) is 7.72. The van der Waals surface area contributed by atoms with E-state index < -0.39 is 60.0 Å². The Labute approximate surface area is 267 Å². The summed E-state index contributed by atoms with van der Waals surface area (Å²) in [6.45, 7) is -0.499. The Hall–Kier alpha value is -5.06. The van der Waals surface area contributed by atoms with Crippen LogP contribution >= 0.6 is 0 Å². The fourth-order valence-electron chi connectivity index (χ4n) is 5.39. The Morgan fingerprint density at radius 2 is 1.81 bits per heavy atom. The lowest BCUT2D eigenvalue weighted by Crippen LogP contribution is -2.51. The van der Waals surface area contributed by atoms with E-state index in [1.807, 2.05) is 0 Å². The topological polar surface area (TPSA) is 151 Å². The first-order valence-corrected chi connectivity index (χ1v) is 14.4. The van der Waals surface area contributed by atoms with Crippen LogP contribution in [0.25, 0.3) is 22.2 Å². The first-order chi connectivity index (χ1) is 22.4. The summed E-state index contributed by atoms with van der Waals surface area (Å²) >= 11 is 0. The summed E-state index contributed by atoms with van der Waals surface area (Å²) in [5.41, 5.74) is -1.08. The van der Waals surface area contributed by atoms with E-state index in [1.165, 1.54) is 26.2 Å². The molecule has 1 fully saturated rings. The number of ether oxygens (including phenoxy) is 3. The number of benzene rings is 2. The number of fused-ring (bicyclic) bond motifs is 2. The van der Waals surface area contributed by atoms with Crippen molar-refractivity contribution in [2.24, 2.45) is 5.73 Å². The van der Waals surface area contributed by atoms with E-state index in [9.17, 15) is 41.0 Å². The first-order valence-electron chi connectivity index (χ1n) is 14.4. The molecule has 0 bridgehead atoms. The van der Waals surface area contributed by atoms with Crippen LogP contribution in [0.2, 0.25) is 0 Å². The highest BCUT2D eigenvalue weighted by Crippen LogP contribution is 2.48. The number of carbonyl (C=O) groups excluding carboxylic acids is 2. The van der Waals surface area contributed by atoms with Gasteiger partial charge in [0.2, 0.25) is 11.5 Å². The Morgan fingerprint density at radius 3 is 2.40 bits per heavy atom. The smallest absolute Gasteiger partial charge is 0.494 e. The van der Waals surface area contributed by atoms with Crippen molar-refractivity contribution in [2.75, 3.05) is 20.3 Å². The molecule has 0 spiro atoms. The molecular formula is C31H27F6N5O6. The fourth-order valence-corrected chi connectivity index (χ4v) is 5.39. The molecule has 2 aromatic carbocycles. The first kappa shape index (κ1) is 32.9. The minimum absolute atomic E-state index is 0.0305. The quantitative estimate of drug-likeness (QED) is 0.216. The largest absolute Gasteiger partial charge is 0.573 e. The Bertz CT molecular complexity index is 1920. The van der Waals surface area contributed by atoms with Gasteiger partial charge in [0.1, 0.15) is 40.5 Å². The van der Waals surface area contributed by atoms with E-state index in [-0.39, 0.29) is 39.9 Å². The fraction of sp³-hybridized carbons (Fsp3) is 0.355. The summed E-state index contributed by atoms with van der Waals surface area (Å²) < 4.78 is 99.1. The average Bonchev–Trinajstić information content (AvgIpc) is 3.69. The summed E-state index contributed by atoms with van der Waals surface area (Å²) in [7, 11) is 1.35. The molecule has 6 rings (SSSR count). The van der Waals surface area contributed by atoms with Crippen LogP contribution in [0.3, 0.4) is 0 Å². The van der Waals surface area contributed by atoms with Crippen LogP contribution in [0.5, 0.6) is 17.2 Å². The van der Waals surface area contributed by atoms with Crippen LogP contribution in [0, 0.1) is 0 Å². The standard InChI is InChI=1S/C31H27F6N5O6/c1-28(27(38)44)14-47-25-20(28)11-22(40-24(25)15-3-7-19(8-4-15)48-31(35,36)37)29(45,30(32,33)34)13-39-26(43)16-9-17-12-42(18-5-6-18)41-23(17)21(10-16)46-2/h3-4,7-12,18,45H,5-6,13-14H2,1-2H3,(H2,38,44)(H,39,43)/t28-,29+/m0/s1. The molecule has 0 radical (unpaired) electrons. The number of hydrogen-bond donors (Lipinski definition) is 3. The molecule has 3 heterocycles. The van der Waals surface area contributed by atoms with Crippen LogP contribution in [-0.2, 0) is 15.8 Å². The minimum Gasteiger partial charge on any atom is -0.494 e. The number of rotatable bonds is 9. The Balaban J connectivity index is 1.39. The lowest BCUT2D eigenvalue weighted by Gasteiger charge is -2.31. The van der Waals surface area contributed by atoms with Crippen molar-refractivity contribution < 1.29 is 55.2 Å². The van der Waals surface area contributed by atoms with Crippen LogP contribution in [0.15, 0.2) is 48.7 Å². The van der Waals surface area contributed by atoms with E-state index in [2.05, 4.69) is 20.1 Å².